The fourth-order valence-corrected chi connectivity index (χ4v) is 1.82. The monoisotopic (exact) mass is 215 g/mol. The SMILES string of the molecule is CCC(=O)N1C(C(=O)NO)CCCN1C. The zero-order valence-corrected chi connectivity index (χ0v) is 9.06. The normalized spacial score (nSPS) is 22.6. The van der Waals surface area contributed by atoms with Crippen LogP contribution in [0.15, 0.2) is 0 Å². The maximum Gasteiger partial charge on any atom is 0.267 e. The van der Waals surface area contributed by atoms with Crippen LogP contribution in [-0.2, 0) is 9.59 Å². The summed E-state index contributed by atoms with van der Waals surface area (Å²) in [5.41, 5.74) is 1.60. The molecule has 0 spiro atoms. The highest BCUT2D eigenvalue weighted by molar-refractivity contribution is 5.86. The van der Waals surface area contributed by atoms with Crippen LogP contribution in [-0.4, -0.2) is 46.7 Å². The van der Waals surface area contributed by atoms with E-state index in [2.05, 4.69) is 0 Å². The minimum atomic E-state index is -0.582. The molecular formula is C9H17N3O3. The highest BCUT2D eigenvalue weighted by Gasteiger charge is 2.34. The van der Waals surface area contributed by atoms with Gasteiger partial charge in [-0.15, -0.1) is 0 Å². The lowest BCUT2D eigenvalue weighted by Gasteiger charge is -2.40. The van der Waals surface area contributed by atoms with Crippen molar-refractivity contribution in [1.29, 1.82) is 0 Å². The number of hydrazine groups is 1. The van der Waals surface area contributed by atoms with Gasteiger partial charge in [-0.25, -0.2) is 10.5 Å². The van der Waals surface area contributed by atoms with Gasteiger partial charge in [0.25, 0.3) is 5.91 Å². The molecule has 1 aliphatic rings. The molecule has 1 rings (SSSR count). The molecule has 0 aromatic rings. The molecule has 1 atom stereocenters. The van der Waals surface area contributed by atoms with E-state index in [-0.39, 0.29) is 5.91 Å². The van der Waals surface area contributed by atoms with Gasteiger partial charge in [0, 0.05) is 20.0 Å². The van der Waals surface area contributed by atoms with Gasteiger partial charge >= 0.3 is 0 Å². The van der Waals surface area contributed by atoms with Crippen LogP contribution in [0.3, 0.4) is 0 Å². The molecule has 2 N–H and O–H groups in total. The third-order valence-electron chi connectivity index (χ3n) is 2.59. The number of hydrogen-bond donors (Lipinski definition) is 2. The number of hydrogen-bond acceptors (Lipinski definition) is 4. The Morgan fingerprint density at radius 2 is 2.20 bits per heavy atom. The summed E-state index contributed by atoms with van der Waals surface area (Å²) in [5.74, 6) is -0.630. The third-order valence-corrected chi connectivity index (χ3v) is 2.59. The van der Waals surface area contributed by atoms with Gasteiger partial charge in [0.1, 0.15) is 6.04 Å². The van der Waals surface area contributed by atoms with E-state index in [0.29, 0.717) is 12.8 Å². The molecular weight excluding hydrogens is 198 g/mol. The van der Waals surface area contributed by atoms with Crippen LogP contribution in [0.5, 0.6) is 0 Å². The molecule has 1 heterocycles. The molecule has 6 heteroatoms. The highest BCUT2D eigenvalue weighted by Crippen LogP contribution is 2.17. The number of amides is 2. The Morgan fingerprint density at radius 3 is 2.73 bits per heavy atom. The lowest BCUT2D eigenvalue weighted by molar-refractivity contribution is -0.166. The second kappa shape index (κ2) is 5.09. The van der Waals surface area contributed by atoms with Crippen LogP contribution >= 0.6 is 0 Å². The molecule has 0 saturated carbocycles. The van der Waals surface area contributed by atoms with Crippen molar-refractivity contribution >= 4 is 11.8 Å². The van der Waals surface area contributed by atoms with Gasteiger partial charge in [-0.3, -0.25) is 19.8 Å². The van der Waals surface area contributed by atoms with Crippen LogP contribution in [0.1, 0.15) is 26.2 Å². The van der Waals surface area contributed by atoms with Crippen LogP contribution < -0.4 is 5.48 Å². The summed E-state index contributed by atoms with van der Waals surface area (Å²) in [6.07, 6.45) is 1.77. The minimum Gasteiger partial charge on any atom is -0.289 e. The molecule has 1 saturated heterocycles. The molecule has 1 fully saturated rings. The molecule has 86 valence electrons. The largest absolute Gasteiger partial charge is 0.289 e. The zero-order valence-electron chi connectivity index (χ0n) is 9.06. The van der Waals surface area contributed by atoms with Crippen molar-refractivity contribution in [3.8, 4) is 0 Å². The van der Waals surface area contributed by atoms with Gasteiger partial charge in [-0.05, 0) is 12.8 Å². The zero-order chi connectivity index (χ0) is 11.4. The topological polar surface area (TPSA) is 72.9 Å². The first-order chi connectivity index (χ1) is 7.11. The number of rotatable bonds is 2. The second-order valence-electron chi connectivity index (χ2n) is 3.61. The molecule has 0 bridgehead atoms. The minimum absolute atomic E-state index is 0.106. The van der Waals surface area contributed by atoms with Crippen LogP contribution in [0, 0.1) is 0 Å². The standard InChI is InChI=1S/C9H17N3O3/c1-3-8(13)12-7(9(14)10-15)5-4-6-11(12)2/h7,15H,3-6H2,1-2H3,(H,10,14). The first-order valence-corrected chi connectivity index (χ1v) is 5.08. The summed E-state index contributed by atoms with van der Waals surface area (Å²) in [6.45, 7) is 2.50. The van der Waals surface area contributed by atoms with Crippen LogP contribution in [0.2, 0.25) is 0 Å². The maximum atomic E-state index is 11.6. The molecule has 1 unspecified atom stereocenters. The Balaban J connectivity index is 2.81. The Labute approximate surface area is 88.8 Å². The quantitative estimate of drug-likeness (QED) is 0.491. The molecule has 1 aliphatic heterocycles. The second-order valence-corrected chi connectivity index (χ2v) is 3.61. The van der Waals surface area contributed by atoms with Crippen LogP contribution in [0.4, 0.5) is 0 Å². The predicted molar refractivity (Wildman–Crippen MR) is 52.7 cm³/mol. The van der Waals surface area contributed by atoms with Gasteiger partial charge in [0.15, 0.2) is 0 Å². The van der Waals surface area contributed by atoms with Crippen LogP contribution in [0.25, 0.3) is 0 Å². The van der Waals surface area contributed by atoms with Gasteiger partial charge in [0.05, 0.1) is 0 Å². The molecule has 0 aromatic carbocycles. The average Bonchev–Trinajstić information content (AvgIpc) is 2.26. The molecule has 0 radical (unpaired) electrons. The fourth-order valence-electron chi connectivity index (χ4n) is 1.82. The summed E-state index contributed by atoms with van der Waals surface area (Å²) < 4.78 is 0. The lowest BCUT2D eigenvalue weighted by atomic mass is 10.1. The van der Waals surface area contributed by atoms with E-state index >= 15 is 0 Å². The number of carbonyl (C=O) groups is 2. The summed E-state index contributed by atoms with van der Waals surface area (Å²) in [6, 6.07) is -0.582. The van der Waals surface area contributed by atoms with E-state index in [1.807, 2.05) is 0 Å². The Bertz CT molecular complexity index is 257. The Kier molecular flexibility index (Phi) is 4.05. The number of hydroxylamine groups is 1. The molecule has 6 nitrogen and oxygen atoms in total. The smallest absolute Gasteiger partial charge is 0.267 e. The molecule has 0 aromatic heterocycles. The molecule has 15 heavy (non-hydrogen) atoms. The van der Waals surface area contributed by atoms with Crippen molar-refractivity contribution in [2.45, 2.75) is 32.2 Å². The highest BCUT2D eigenvalue weighted by atomic mass is 16.5. The van der Waals surface area contributed by atoms with Crippen molar-refractivity contribution in [3.63, 3.8) is 0 Å². The van der Waals surface area contributed by atoms with Crippen molar-refractivity contribution in [3.05, 3.63) is 0 Å². The Morgan fingerprint density at radius 1 is 1.53 bits per heavy atom. The van der Waals surface area contributed by atoms with E-state index in [1.54, 1.807) is 24.5 Å². The summed E-state index contributed by atoms with van der Waals surface area (Å²) in [4.78, 5) is 23.0. The summed E-state index contributed by atoms with van der Waals surface area (Å²) >= 11 is 0. The first-order valence-electron chi connectivity index (χ1n) is 5.08. The van der Waals surface area contributed by atoms with E-state index in [4.69, 9.17) is 5.21 Å². The van der Waals surface area contributed by atoms with Crippen molar-refractivity contribution in [1.82, 2.24) is 15.5 Å². The summed E-state index contributed by atoms with van der Waals surface area (Å²) in [7, 11) is 1.77. The van der Waals surface area contributed by atoms with Gasteiger partial charge in [-0.2, -0.15) is 0 Å². The van der Waals surface area contributed by atoms with E-state index in [1.165, 1.54) is 5.01 Å². The predicted octanol–water partition coefficient (Wildman–Crippen LogP) is -0.260. The van der Waals surface area contributed by atoms with Crippen molar-refractivity contribution in [2.24, 2.45) is 0 Å². The van der Waals surface area contributed by atoms with Gasteiger partial charge < -0.3 is 0 Å². The Hall–Kier alpha value is -1.14. The number of carbonyl (C=O) groups excluding carboxylic acids is 2. The first kappa shape index (κ1) is 11.9. The van der Waals surface area contributed by atoms with Gasteiger partial charge in [0.2, 0.25) is 5.91 Å². The number of nitrogens with one attached hydrogen (secondary N) is 1. The van der Waals surface area contributed by atoms with E-state index in [9.17, 15) is 9.59 Å². The lowest BCUT2D eigenvalue weighted by Crippen LogP contribution is -2.58. The van der Waals surface area contributed by atoms with E-state index in [0.717, 1.165) is 13.0 Å². The number of nitrogens with zero attached hydrogens (tertiary/aromatic N) is 2. The molecule has 0 aliphatic carbocycles. The summed E-state index contributed by atoms with van der Waals surface area (Å²) in [5, 5.41) is 11.7. The molecule has 2 amide bonds. The fraction of sp³-hybridized carbons (Fsp3) is 0.778. The van der Waals surface area contributed by atoms with Gasteiger partial charge in [-0.1, -0.05) is 6.92 Å². The van der Waals surface area contributed by atoms with Crippen molar-refractivity contribution < 1.29 is 14.8 Å². The maximum absolute atomic E-state index is 11.6. The average molecular weight is 215 g/mol. The third kappa shape index (κ3) is 2.45. The van der Waals surface area contributed by atoms with Crippen molar-refractivity contribution in [2.75, 3.05) is 13.6 Å². The van der Waals surface area contributed by atoms with E-state index < -0.39 is 11.9 Å².